The number of hydrogen-bond acceptors (Lipinski definition) is 5. The van der Waals surface area contributed by atoms with Crippen molar-refractivity contribution in [3.05, 3.63) is 35.7 Å². The lowest BCUT2D eigenvalue weighted by atomic mass is 9.98. The second-order valence-corrected chi connectivity index (χ2v) is 6.08. The van der Waals surface area contributed by atoms with E-state index in [0.717, 1.165) is 24.0 Å². The van der Waals surface area contributed by atoms with Gasteiger partial charge < -0.3 is 15.6 Å². The van der Waals surface area contributed by atoms with Gasteiger partial charge in [0.2, 0.25) is 17.6 Å². The van der Waals surface area contributed by atoms with Crippen LogP contribution in [0.2, 0.25) is 0 Å². The largest absolute Gasteiger partial charge is 0.344 e. The molecule has 3 N–H and O–H groups in total. The van der Waals surface area contributed by atoms with Crippen LogP contribution in [0.5, 0.6) is 0 Å². The molecule has 23 heavy (non-hydrogen) atoms. The molecular formula is C17H22N4O2. The Bertz CT molecular complexity index is 659. The fraction of sp³-hybridized carbons (Fsp3) is 0.471. The Kier molecular flexibility index (Phi) is 4.71. The summed E-state index contributed by atoms with van der Waals surface area (Å²) in [5.41, 5.74) is 7.54. The SMILES string of the molecule is CC(=O)NC(c1nc(-c2ccc(CN)cc2)no1)C1CCCC1. The number of nitrogens with one attached hydrogen (secondary N) is 1. The molecule has 122 valence electrons. The van der Waals surface area contributed by atoms with Crippen molar-refractivity contribution in [2.45, 2.75) is 45.2 Å². The number of benzene rings is 1. The summed E-state index contributed by atoms with van der Waals surface area (Å²) in [4.78, 5) is 16.0. The molecule has 1 aromatic carbocycles. The van der Waals surface area contributed by atoms with E-state index in [9.17, 15) is 4.79 Å². The number of carbonyl (C=O) groups is 1. The van der Waals surface area contributed by atoms with E-state index in [2.05, 4.69) is 15.5 Å². The fourth-order valence-corrected chi connectivity index (χ4v) is 3.16. The van der Waals surface area contributed by atoms with E-state index in [1.807, 2.05) is 24.3 Å². The molecule has 0 bridgehead atoms. The molecule has 6 heteroatoms. The first-order valence-corrected chi connectivity index (χ1v) is 8.07. The van der Waals surface area contributed by atoms with Crippen molar-refractivity contribution in [3.63, 3.8) is 0 Å². The van der Waals surface area contributed by atoms with E-state index in [0.29, 0.717) is 24.2 Å². The van der Waals surface area contributed by atoms with Crippen LogP contribution in [0.1, 0.15) is 50.1 Å². The Hall–Kier alpha value is -2.21. The van der Waals surface area contributed by atoms with Crippen molar-refractivity contribution in [2.75, 3.05) is 0 Å². The van der Waals surface area contributed by atoms with Gasteiger partial charge in [-0.05, 0) is 24.3 Å². The molecule has 1 aliphatic carbocycles. The van der Waals surface area contributed by atoms with E-state index in [1.165, 1.54) is 19.8 Å². The third kappa shape index (κ3) is 3.59. The molecule has 6 nitrogen and oxygen atoms in total. The number of aromatic nitrogens is 2. The van der Waals surface area contributed by atoms with Gasteiger partial charge in [-0.15, -0.1) is 0 Å². The zero-order chi connectivity index (χ0) is 16.2. The van der Waals surface area contributed by atoms with Gasteiger partial charge in [-0.1, -0.05) is 42.3 Å². The second kappa shape index (κ2) is 6.91. The summed E-state index contributed by atoms with van der Waals surface area (Å²) in [6.45, 7) is 2.02. The maximum atomic E-state index is 11.5. The number of nitrogens with two attached hydrogens (primary N) is 1. The minimum atomic E-state index is -0.195. The van der Waals surface area contributed by atoms with Crippen LogP contribution >= 0.6 is 0 Å². The van der Waals surface area contributed by atoms with Crippen LogP contribution < -0.4 is 11.1 Å². The average molecular weight is 314 g/mol. The highest BCUT2D eigenvalue weighted by atomic mass is 16.5. The van der Waals surface area contributed by atoms with Crippen LogP contribution in [0.3, 0.4) is 0 Å². The molecule has 1 aliphatic rings. The summed E-state index contributed by atoms with van der Waals surface area (Å²) in [5.74, 6) is 1.32. The van der Waals surface area contributed by atoms with E-state index in [4.69, 9.17) is 10.3 Å². The zero-order valence-electron chi connectivity index (χ0n) is 13.3. The van der Waals surface area contributed by atoms with Crippen LogP contribution in [0.15, 0.2) is 28.8 Å². The molecule has 1 heterocycles. The van der Waals surface area contributed by atoms with Crippen LogP contribution in [-0.4, -0.2) is 16.0 Å². The normalized spacial score (nSPS) is 16.4. The highest BCUT2D eigenvalue weighted by Gasteiger charge is 2.31. The lowest BCUT2D eigenvalue weighted by Crippen LogP contribution is -2.31. The number of carbonyl (C=O) groups excluding carboxylic acids is 1. The van der Waals surface area contributed by atoms with Gasteiger partial charge in [0.1, 0.15) is 6.04 Å². The smallest absolute Gasteiger partial charge is 0.249 e. The van der Waals surface area contributed by atoms with Crippen molar-refractivity contribution >= 4 is 5.91 Å². The number of amides is 1. The van der Waals surface area contributed by atoms with Crippen molar-refractivity contribution in [1.82, 2.24) is 15.5 Å². The summed E-state index contributed by atoms with van der Waals surface area (Å²) in [6.07, 6.45) is 4.52. The van der Waals surface area contributed by atoms with E-state index >= 15 is 0 Å². The predicted octanol–water partition coefficient (Wildman–Crippen LogP) is 2.56. The van der Waals surface area contributed by atoms with Gasteiger partial charge in [0.15, 0.2) is 0 Å². The van der Waals surface area contributed by atoms with Gasteiger partial charge in [-0.3, -0.25) is 4.79 Å². The van der Waals surface area contributed by atoms with Gasteiger partial charge in [-0.25, -0.2) is 0 Å². The summed E-state index contributed by atoms with van der Waals surface area (Å²) in [6, 6.07) is 7.57. The van der Waals surface area contributed by atoms with E-state index in [-0.39, 0.29) is 11.9 Å². The molecule has 0 saturated heterocycles. The lowest BCUT2D eigenvalue weighted by Gasteiger charge is -2.20. The summed E-state index contributed by atoms with van der Waals surface area (Å²) >= 11 is 0. The first-order chi connectivity index (χ1) is 11.2. The minimum absolute atomic E-state index is 0.0750. The summed E-state index contributed by atoms with van der Waals surface area (Å²) in [5, 5.41) is 7.04. The number of nitrogens with zero attached hydrogens (tertiary/aromatic N) is 2. The van der Waals surface area contributed by atoms with Gasteiger partial charge >= 0.3 is 0 Å². The highest BCUT2D eigenvalue weighted by molar-refractivity contribution is 5.73. The van der Waals surface area contributed by atoms with Crippen molar-refractivity contribution in [1.29, 1.82) is 0 Å². The Morgan fingerprint density at radius 3 is 2.65 bits per heavy atom. The molecule has 1 unspecified atom stereocenters. The van der Waals surface area contributed by atoms with Gasteiger partial charge in [0.25, 0.3) is 0 Å². The third-order valence-electron chi connectivity index (χ3n) is 4.39. The molecule has 0 spiro atoms. The fourth-order valence-electron chi connectivity index (χ4n) is 3.16. The maximum Gasteiger partial charge on any atom is 0.249 e. The maximum absolute atomic E-state index is 11.5. The predicted molar refractivity (Wildman–Crippen MR) is 86.1 cm³/mol. The minimum Gasteiger partial charge on any atom is -0.344 e. The Morgan fingerprint density at radius 1 is 1.35 bits per heavy atom. The lowest BCUT2D eigenvalue weighted by molar-refractivity contribution is -0.120. The van der Waals surface area contributed by atoms with Crippen LogP contribution in [-0.2, 0) is 11.3 Å². The molecule has 3 rings (SSSR count). The van der Waals surface area contributed by atoms with E-state index < -0.39 is 0 Å². The third-order valence-corrected chi connectivity index (χ3v) is 4.39. The molecule has 2 aromatic rings. The molecule has 1 saturated carbocycles. The number of hydrogen-bond donors (Lipinski definition) is 2. The summed E-state index contributed by atoms with van der Waals surface area (Å²) < 4.78 is 5.45. The molecule has 1 amide bonds. The van der Waals surface area contributed by atoms with Gasteiger partial charge in [0.05, 0.1) is 0 Å². The first kappa shape index (κ1) is 15.7. The van der Waals surface area contributed by atoms with Crippen molar-refractivity contribution in [2.24, 2.45) is 11.7 Å². The Morgan fingerprint density at radius 2 is 2.04 bits per heavy atom. The van der Waals surface area contributed by atoms with Crippen molar-refractivity contribution < 1.29 is 9.32 Å². The summed E-state index contributed by atoms with van der Waals surface area (Å²) in [7, 11) is 0. The van der Waals surface area contributed by atoms with Crippen LogP contribution in [0.4, 0.5) is 0 Å². The molecule has 0 aliphatic heterocycles. The molecule has 1 aromatic heterocycles. The van der Waals surface area contributed by atoms with Crippen LogP contribution in [0.25, 0.3) is 11.4 Å². The monoisotopic (exact) mass is 314 g/mol. The number of rotatable bonds is 5. The molecule has 1 fully saturated rings. The zero-order valence-corrected chi connectivity index (χ0v) is 13.3. The van der Waals surface area contributed by atoms with Gasteiger partial charge in [-0.2, -0.15) is 4.98 Å². The Labute approximate surface area is 135 Å². The molecule has 0 radical (unpaired) electrons. The van der Waals surface area contributed by atoms with E-state index in [1.54, 1.807) is 0 Å². The highest BCUT2D eigenvalue weighted by Crippen LogP contribution is 2.35. The average Bonchev–Trinajstić information content (AvgIpc) is 3.24. The standard InChI is InChI=1S/C17H22N4O2/c1-11(22)19-15(13-4-2-3-5-13)17-20-16(21-23-17)14-8-6-12(10-18)7-9-14/h6-9,13,15H,2-5,10,18H2,1H3,(H,19,22). The van der Waals surface area contributed by atoms with Gasteiger partial charge in [0, 0.05) is 19.0 Å². The van der Waals surface area contributed by atoms with Crippen molar-refractivity contribution in [3.8, 4) is 11.4 Å². The molecule has 1 atom stereocenters. The Balaban J connectivity index is 1.83. The molecular weight excluding hydrogens is 292 g/mol. The topological polar surface area (TPSA) is 94.0 Å². The first-order valence-electron chi connectivity index (χ1n) is 8.07. The quantitative estimate of drug-likeness (QED) is 0.884. The van der Waals surface area contributed by atoms with Crippen LogP contribution in [0, 0.1) is 5.92 Å². The second-order valence-electron chi connectivity index (χ2n) is 6.08.